The molecule has 0 saturated carbocycles. The first-order valence-electron chi connectivity index (χ1n) is 7.31. The molecule has 3 rings (SSSR count). The van der Waals surface area contributed by atoms with Crippen LogP contribution in [-0.4, -0.2) is 20.5 Å². The zero-order chi connectivity index (χ0) is 17.8. The second-order valence-electron chi connectivity index (χ2n) is 5.13. The summed E-state index contributed by atoms with van der Waals surface area (Å²) in [5, 5.41) is 13.4. The molecule has 0 radical (unpaired) electrons. The van der Waals surface area contributed by atoms with Crippen molar-refractivity contribution in [1.29, 1.82) is 5.26 Å². The van der Waals surface area contributed by atoms with Crippen LogP contribution in [0.1, 0.15) is 22.1 Å². The molecule has 0 unspecified atom stereocenters. The van der Waals surface area contributed by atoms with E-state index >= 15 is 0 Å². The molecule has 0 aliphatic rings. The van der Waals surface area contributed by atoms with Gasteiger partial charge in [0.1, 0.15) is 11.5 Å². The van der Waals surface area contributed by atoms with Crippen molar-refractivity contribution >= 4 is 5.78 Å². The van der Waals surface area contributed by atoms with Crippen LogP contribution in [0.2, 0.25) is 0 Å². The first-order chi connectivity index (χ1) is 12.1. The van der Waals surface area contributed by atoms with Crippen LogP contribution >= 0.6 is 0 Å². The summed E-state index contributed by atoms with van der Waals surface area (Å²) in [7, 11) is 0. The summed E-state index contributed by atoms with van der Waals surface area (Å²) in [5.41, 5.74) is 0.0827. The average Bonchev–Trinajstić information content (AvgIpc) is 2.64. The highest BCUT2D eigenvalue weighted by Crippen LogP contribution is 2.17. The number of hydrogen-bond donors (Lipinski definition) is 0. The molecule has 0 N–H and O–H groups in total. The minimum atomic E-state index is -1.13. The Balaban J connectivity index is 2.02. The van der Waals surface area contributed by atoms with E-state index in [0.29, 0.717) is 11.4 Å². The topological polar surface area (TPSA) is 88.6 Å². The van der Waals surface area contributed by atoms with E-state index in [9.17, 15) is 19.2 Å². The van der Waals surface area contributed by atoms with Gasteiger partial charge in [0.2, 0.25) is 5.78 Å². The minimum absolute atomic E-state index is 0.0545. The number of hydrogen-bond acceptors (Lipinski definition) is 5. The molecule has 122 valence electrons. The van der Waals surface area contributed by atoms with Crippen LogP contribution in [0, 0.1) is 17.1 Å². The predicted octanol–water partition coefficient (Wildman–Crippen LogP) is 2.26. The molecule has 0 spiro atoms. The van der Waals surface area contributed by atoms with Crippen molar-refractivity contribution in [3.63, 3.8) is 0 Å². The molecular formula is C18H11FN4O2. The molecule has 1 atom stereocenters. The number of ketones is 1. The molecule has 0 saturated heterocycles. The lowest BCUT2D eigenvalue weighted by atomic mass is 9.99. The molecule has 0 fully saturated rings. The summed E-state index contributed by atoms with van der Waals surface area (Å²) in [6, 6.07) is 14.4. The standard InChI is InChI=1S/C18H11FN4O2/c19-12-4-6-13(7-5-12)23-17(24)9-8-16(22-23)18(25)14(11-20)15-3-1-2-10-21-15/h1-10,14H/t14-/m0/s1. The third-order valence-corrected chi connectivity index (χ3v) is 3.50. The third-order valence-electron chi connectivity index (χ3n) is 3.50. The van der Waals surface area contributed by atoms with Crippen LogP contribution in [-0.2, 0) is 0 Å². The number of carbonyl (C=O) groups is 1. The molecule has 0 aliphatic carbocycles. The maximum absolute atomic E-state index is 13.0. The highest BCUT2D eigenvalue weighted by atomic mass is 19.1. The maximum atomic E-state index is 13.0. The second kappa shape index (κ2) is 6.84. The largest absolute Gasteiger partial charge is 0.290 e. The van der Waals surface area contributed by atoms with E-state index < -0.39 is 23.1 Å². The van der Waals surface area contributed by atoms with Crippen molar-refractivity contribution in [2.24, 2.45) is 0 Å². The fourth-order valence-corrected chi connectivity index (χ4v) is 2.26. The molecule has 0 bridgehead atoms. The number of nitrogens with zero attached hydrogens (tertiary/aromatic N) is 4. The van der Waals surface area contributed by atoms with Crippen LogP contribution in [0.3, 0.4) is 0 Å². The summed E-state index contributed by atoms with van der Waals surface area (Å²) in [6.07, 6.45) is 1.49. The van der Waals surface area contributed by atoms with Gasteiger partial charge >= 0.3 is 0 Å². The van der Waals surface area contributed by atoms with Crippen molar-refractivity contribution in [3.8, 4) is 11.8 Å². The van der Waals surface area contributed by atoms with E-state index in [2.05, 4.69) is 10.1 Å². The van der Waals surface area contributed by atoms with Crippen LogP contribution in [0.5, 0.6) is 0 Å². The molecule has 6 nitrogen and oxygen atoms in total. The van der Waals surface area contributed by atoms with Gasteiger partial charge < -0.3 is 0 Å². The third kappa shape index (κ3) is 3.33. The minimum Gasteiger partial charge on any atom is -0.290 e. The van der Waals surface area contributed by atoms with Crippen molar-refractivity contribution < 1.29 is 9.18 Å². The Morgan fingerprint density at radius 2 is 1.88 bits per heavy atom. The van der Waals surface area contributed by atoms with Gasteiger partial charge in [-0.25, -0.2) is 4.39 Å². The molecule has 7 heteroatoms. The van der Waals surface area contributed by atoms with Crippen LogP contribution in [0.15, 0.2) is 65.6 Å². The second-order valence-corrected chi connectivity index (χ2v) is 5.13. The molecule has 3 aromatic rings. The number of nitriles is 1. The lowest BCUT2D eigenvalue weighted by Crippen LogP contribution is -2.24. The summed E-state index contributed by atoms with van der Waals surface area (Å²) in [5.74, 6) is -2.16. The van der Waals surface area contributed by atoms with Gasteiger partial charge in [0.05, 0.1) is 17.5 Å². The predicted molar refractivity (Wildman–Crippen MR) is 86.7 cm³/mol. The number of benzene rings is 1. The Hall–Kier alpha value is -3.66. The maximum Gasteiger partial charge on any atom is 0.271 e. The first-order valence-corrected chi connectivity index (χ1v) is 7.31. The van der Waals surface area contributed by atoms with E-state index in [4.69, 9.17) is 0 Å². The monoisotopic (exact) mass is 334 g/mol. The highest BCUT2D eigenvalue weighted by Gasteiger charge is 2.24. The molecule has 0 aliphatic heterocycles. The van der Waals surface area contributed by atoms with Crippen molar-refractivity contribution in [3.05, 3.63) is 88.4 Å². The van der Waals surface area contributed by atoms with Gasteiger partial charge in [0.25, 0.3) is 5.56 Å². The molecule has 1 aromatic carbocycles. The SMILES string of the molecule is N#C[C@H](C(=O)c1ccc(=O)n(-c2ccc(F)cc2)n1)c1ccccn1. The molecule has 25 heavy (non-hydrogen) atoms. The Morgan fingerprint density at radius 1 is 1.12 bits per heavy atom. The molecule has 2 aromatic heterocycles. The van der Waals surface area contributed by atoms with Gasteiger partial charge in [-0.1, -0.05) is 6.07 Å². The quantitative estimate of drug-likeness (QED) is 0.683. The van der Waals surface area contributed by atoms with Gasteiger partial charge in [0, 0.05) is 12.3 Å². The smallest absolute Gasteiger partial charge is 0.271 e. The van der Waals surface area contributed by atoms with Crippen molar-refractivity contribution in [2.45, 2.75) is 5.92 Å². The van der Waals surface area contributed by atoms with Gasteiger partial charge in [-0.05, 0) is 42.5 Å². The molecule has 0 amide bonds. The summed E-state index contributed by atoms with van der Waals surface area (Å²) >= 11 is 0. The van der Waals surface area contributed by atoms with Crippen molar-refractivity contribution in [2.75, 3.05) is 0 Å². The van der Waals surface area contributed by atoms with E-state index in [1.165, 1.54) is 42.6 Å². The summed E-state index contributed by atoms with van der Waals surface area (Å²) in [6.45, 7) is 0. The number of Topliss-reactive ketones (excluding diaryl/α,β-unsaturated/α-hetero) is 1. The Labute approximate surface area is 141 Å². The molecular weight excluding hydrogens is 323 g/mol. The Kier molecular flexibility index (Phi) is 4.44. The van der Waals surface area contributed by atoms with Crippen LogP contribution in [0.4, 0.5) is 4.39 Å². The van der Waals surface area contributed by atoms with Crippen LogP contribution in [0.25, 0.3) is 5.69 Å². The van der Waals surface area contributed by atoms with Gasteiger partial charge in [-0.2, -0.15) is 15.0 Å². The number of carbonyl (C=O) groups excluding carboxylic acids is 1. The lowest BCUT2D eigenvalue weighted by molar-refractivity contribution is 0.0971. The van der Waals surface area contributed by atoms with Crippen LogP contribution < -0.4 is 5.56 Å². The highest BCUT2D eigenvalue weighted by molar-refractivity contribution is 6.00. The van der Waals surface area contributed by atoms with E-state index in [0.717, 1.165) is 4.68 Å². The number of aromatic nitrogens is 3. The van der Waals surface area contributed by atoms with Gasteiger partial charge in [-0.15, -0.1) is 0 Å². The van der Waals surface area contributed by atoms with E-state index in [1.807, 2.05) is 6.07 Å². The van der Waals surface area contributed by atoms with E-state index in [1.54, 1.807) is 18.2 Å². The number of pyridine rings is 1. The normalized spacial score (nSPS) is 11.5. The lowest BCUT2D eigenvalue weighted by Gasteiger charge is -2.09. The number of halogens is 1. The number of rotatable bonds is 4. The Morgan fingerprint density at radius 3 is 2.52 bits per heavy atom. The van der Waals surface area contributed by atoms with Crippen molar-refractivity contribution in [1.82, 2.24) is 14.8 Å². The Bertz CT molecular complexity index is 1010. The van der Waals surface area contributed by atoms with Gasteiger partial charge in [-0.3, -0.25) is 14.6 Å². The zero-order valence-electron chi connectivity index (χ0n) is 12.8. The zero-order valence-corrected chi connectivity index (χ0v) is 12.8. The first kappa shape index (κ1) is 16.2. The fraction of sp³-hybridized carbons (Fsp3) is 0.0556. The van der Waals surface area contributed by atoms with E-state index in [-0.39, 0.29) is 5.69 Å². The van der Waals surface area contributed by atoms with Gasteiger partial charge in [0.15, 0.2) is 5.92 Å². The fourth-order valence-electron chi connectivity index (χ4n) is 2.26. The summed E-state index contributed by atoms with van der Waals surface area (Å²) in [4.78, 5) is 28.7. The molecule has 2 heterocycles. The average molecular weight is 334 g/mol. The summed E-state index contributed by atoms with van der Waals surface area (Å²) < 4.78 is 14.0.